The molecule has 0 saturated heterocycles. The van der Waals surface area contributed by atoms with Gasteiger partial charge < -0.3 is 0 Å². The second-order valence-corrected chi connectivity index (χ2v) is 7.11. The number of alkyl halides is 4. The van der Waals surface area contributed by atoms with Crippen molar-refractivity contribution in [3.63, 3.8) is 0 Å². The molecule has 80 valence electrons. The normalized spacial score (nSPS) is 13.4. The molecular weight excluding hydrogens is 216 g/mol. The Morgan fingerprint density at radius 3 is 1.46 bits per heavy atom. The van der Waals surface area contributed by atoms with Gasteiger partial charge in [0.25, 0.3) is 0 Å². The molecule has 0 aromatic rings. The Labute approximate surface area is 80.7 Å². The molecule has 0 aliphatic heterocycles. The van der Waals surface area contributed by atoms with Crippen LogP contribution in [0.5, 0.6) is 0 Å². The van der Waals surface area contributed by atoms with Crippen LogP contribution in [0, 0.1) is 0 Å². The van der Waals surface area contributed by atoms with Crippen molar-refractivity contribution in [2.24, 2.45) is 0 Å². The van der Waals surface area contributed by atoms with E-state index in [4.69, 9.17) is 0 Å². The maximum absolute atomic E-state index is 11.7. The zero-order chi connectivity index (χ0) is 10.1. The molecule has 0 aliphatic carbocycles. The molecule has 0 aliphatic rings. The van der Waals surface area contributed by atoms with Gasteiger partial charge in [-0.25, -0.2) is 17.6 Å². The van der Waals surface area contributed by atoms with Crippen molar-refractivity contribution in [2.75, 3.05) is 0 Å². The highest BCUT2D eigenvalue weighted by atomic mass is 28.2. The molecular formula is C7H16F4Si2. The highest BCUT2D eigenvalue weighted by Gasteiger charge is 2.03. The molecule has 0 radical (unpaired) electrons. The second-order valence-electron chi connectivity index (χ2n) is 3.13. The van der Waals surface area contributed by atoms with E-state index in [1.54, 1.807) is 0 Å². The molecule has 6 heteroatoms. The van der Waals surface area contributed by atoms with E-state index in [-0.39, 0.29) is 12.1 Å². The highest BCUT2D eigenvalue weighted by Crippen LogP contribution is 2.06. The third-order valence-electron chi connectivity index (χ3n) is 1.84. The summed E-state index contributed by atoms with van der Waals surface area (Å²) in [6, 6.07) is 1.99. The average molecular weight is 232 g/mol. The minimum Gasteiger partial charge on any atom is -0.211 e. The minimum atomic E-state index is -2.15. The third kappa shape index (κ3) is 12.2. The first-order valence-electron chi connectivity index (χ1n) is 4.69. The molecule has 0 unspecified atom stereocenters. The van der Waals surface area contributed by atoms with Gasteiger partial charge >= 0.3 is 0 Å². The van der Waals surface area contributed by atoms with E-state index in [0.717, 1.165) is 18.5 Å². The minimum absolute atomic E-state index is 0.0937. The van der Waals surface area contributed by atoms with Crippen LogP contribution >= 0.6 is 0 Å². The molecule has 0 nitrogen and oxygen atoms in total. The summed E-state index contributed by atoms with van der Waals surface area (Å²) in [6.07, 6.45) is -3.38. The van der Waals surface area contributed by atoms with Gasteiger partial charge in [-0.15, -0.1) is 0 Å². The zero-order valence-corrected chi connectivity index (χ0v) is 10.4. The SMILES string of the molecule is FC(F)C[SiH2]CCC[SiH2]CC(F)F. The van der Waals surface area contributed by atoms with E-state index in [0.29, 0.717) is 0 Å². The van der Waals surface area contributed by atoms with Gasteiger partial charge in [-0.1, -0.05) is 18.5 Å². The molecule has 0 aromatic carbocycles. The topological polar surface area (TPSA) is 0 Å². The van der Waals surface area contributed by atoms with Crippen LogP contribution in [0.3, 0.4) is 0 Å². The largest absolute Gasteiger partial charge is 0.235 e. The number of hydrogen-bond acceptors (Lipinski definition) is 0. The lowest BCUT2D eigenvalue weighted by Crippen LogP contribution is -2.00. The van der Waals surface area contributed by atoms with Crippen LogP contribution in [0.4, 0.5) is 17.6 Å². The van der Waals surface area contributed by atoms with Crippen molar-refractivity contribution in [1.82, 2.24) is 0 Å². The molecule has 0 saturated carbocycles. The first-order chi connectivity index (χ1) is 6.13. The Balaban J connectivity index is 2.92. The van der Waals surface area contributed by atoms with E-state index in [2.05, 4.69) is 0 Å². The first-order valence-corrected chi connectivity index (χ1v) is 8.69. The summed E-state index contributed by atoms with van der Waals surface area (Å²) in [7, 11) is -1.20. The predicted molar refractivity (Wildman–Crippen MR) is 52.9 cm³/mol. The molecule has 0 rings (SSSR count). The Morgan fingerprint density at radius 2 is 1.15 bits per heavy atom. The molecule has 0 amide bonds. The third-order valence-corrected chi connectivity index (χ3v) is 5.53. The van der Waals surface area contributed by atoms with Crippen molar-refractivity contribution in [3.05, 3.63) is 0 Å². The van der Waals surface area contributed by atoms with Crippen LogP contribution in [0.15, 0.2) is 0 Å². The Morgan fingerprint density at radius 1 is 0.769 bits per heavy atom. The van der Waals surface area contributed by atoms with Crippen molar-refractivity contribution < 1.29 is 17.6 Å². The van der Waals surface area contributed by atoms with E-state index in [1.807, 2.05) is 0 Å². The van der Waals surface area contributed by atoms with Gasteiger partial charge in [0.1, 0.15) is 0 Å². The van der Waals surface area contributed by atoms with E-state index in [9.17, 15) is 17.6 Å². The fourth-order valence-electron chi connectivity index (χ4n) is 1.13. The molecule has 13 heavy (non-hydrogen) atoms. The van der Waals surface area contributed by atoms with Gasteiger partial charge in [-0.05, 0) is 12.1 Å². The molecule has 0 atom stereocenters. The standard InChI is InChI=1S/C7H16F4Si2/c8-6(9)4-12-2-1-3-13-5-7(10)11/h6-7H,1-5,12-13H2. The molecule has 0 aromatic heterocycles. The molecule has 0 N–H and O–H groups in total. The summed E-state index contributed by atoms with van der Waals surface area (Å²) in [4.78, 5) is 0. The molecule has 0 spiro atoms. The van der Waals surface area contributed by atoms with E-state index in [1.165, 1.54) is 0 Å². The lowest BCUT2D eigenvalue weighted by Gasteiger charge is -2.00. The van der Waals surface area contributed by atoms with Crippen LogP contribution in [-0.4, -0.2) is 31.9 Å². The summed E-state index contributed by atoms with van der Waals surface area (Å²) in [5.74, 6) is 0. The smallest absolute Gasteiger partial charge is 0.211 e. The van der Waals surface area contributed by atoms with Crippen LogP contribution in [0.25, 0.3) is 0 Å². The Kier molecular flexibility index (Phi) is 8.84. The number of halogens is 4. The van der Waals surface area contributed by atoms with Gasteiger partial charge in [0, 0.05) is 19.0 Å². The van der Waals surface area contributed by atoms with Gasteiger partial charge in [0.05, 0.1) is 0 Å². The monoisotopic (exact) mass is 232 g/mol. The maximum Gasteiger partial charge on any atom is 0.235 e. The Hall–Kier alpha value is 0.154. The fraction of sp³-hybridized carbons (Fsp3) is 1.00. The van der Waals surface area contributed by atoms with Crippen molar-refractivity contribution in [1.29, 1.82) is 0 Å². The quantitative estimate of drug-likeness (QED) is 0.341. The average Bonchev–Trinajstić information content (AvgIpc) is 2.01. The molecule has 0 bridgehead atoms. The van der Waals surface area contributed by atoms with Crippen LogP contribution < -0.4 is 0 Å². The number of hydrogen-bond donors (Lipinski definition) is 0. The zero-order valence-electron chi connectivity index (χ0n) is 7.62. The van der Waals surface area contributed by atoms with Crippen molar-refractivity contribution >= 4 is 19.0 Å². The summed E-state index contributed by atoms with van der Waals surface area (Å²) in [5.41, 5.74) is 0. The summed E-state index contributed by atoms with van der Waals surface area (Å²) in [6.45, 7) is 0. The van der Waals surface area contributed by atoms with Gasteiger partial charge in [-0.3, -0.25) is 0 Å². The highest BCUT2D eigenvalue weighted by molar-refractivity contribution is 6.37. The Bertz CT molecular complexity index is 98.7. The molecule has 0 heterocycles. The second kappa shape index (κ2) is 8.74. The van der Waals surface area contributed by atoms with Crippen LogP contribution in [0.1, 0.15) is 6.42 Å². The summed E-state index contributed by atoms with van der Waals surface area (Å²) < 4.78 is 46.6. The van der Waals surface area contributed by atoms with Crippen molar-refractivity contribution in [2.45, 2.75) is 43.4 Å². The molecule has 0 fully saturated rings. The maximum atomic E-state index is 11.7. The van der Waals surface area contributed by atoms with Gasteiger partial charge in [0.2, 0.25) is 12.9 Å². The van der Waals surface area contributed by atoms with Crippen LogP contribution in [0.2, 0.25) is 24.2 Å². The van der Waals surface area contributed by atoms with Gasteiger partial charge in [-0.2, -0.15) is 0 Å². The lowest BCUT2D eigenvalue weighted by molar-refractivity contribution is 0.170. The van der Waals surface area contributed by atoms with E-state index >= 15 is 0 Å². The van der Waals surface area contributed by atoms with Crippen LogP contribution in [-0.2, 0) is 0 Å². The van der Waals surface area contributed by atoms with E-state index < -0.39 is 31.9 Å². The van der Waals surface area contributed by atoms with Crippen molar-refractivity contribution in [3.8, 4) is 0 Å². The number of rotatable bonds is 8. The lowest BCUT2D eigenvalue weighted by atomic mass is 10.6. The first kappa shape index (κ1) is 13.2. The van der Waals surface area contributed by atoms with Gasteiger partial charge in [0.15, 0.2) is 0 Å². The predicted octanol–water partition coefficient (Wildman–Crippen LogP) is 1.92. The summed E-state index contributed by atoms with van der Waals surface area (Å²) >= 11 is 0. The fourth-order valence-corrected chi connectivity index (χ4v) is 4.44. The summed E-state index contributed by atoms with van der Waals surface area (Å²) in [5, 5.41) is 0.